The van der Waals surface area contributed by atoms with Gasteiger partial charge in [0, 0.05) is 11.5 Å². The third-order valence-electron chi connectivity index (χ3n) is 3.90. The Morgan fingerprint density at radius 1 is 0.733 bits per heavy atom. The van der Waals surface area contributed by atoms with Gasteiger partial charge in [-0.3, -0.25) is 9.59 Å². The van der Waals surface area contributed by atoms with Crippen LogP contribution in [-0.4, -0.2) is 69.6 Å². The second-order valence-electron chi connectivity index (χ2n) is 7.84. The molecule has 10 nitrogen and oxygen atoms in total. The molecule has 0 saturated carbocycles. The van der Waals surface area contributed by atoms with Gasteiger partial charge >= 0.3 is 11.9 Å². The zero-order valence-corrected chi connectivity index (χ0v) is 19.4. The molecule has 0 spiro atoms. The summed E-state index contributed by atoms with van der Waals surface area (Å²) in [5.41, 5.74) is 11.6. The molecule has 2 amide bonds. The summed E-state index contributed by atoms with van der Waals surface area (Å²) < 4.78 is 0. The van der Waals surface area contributed by atoms with Crippen LogP contribution in [0.2, 0.25) is 0 Å². The highest BCUT2D eigenvalue weighted by Gasteiger charge is 2.25. The number of hydrogen-bond donors (Lipinski definition) is 6. The second-order valence-corrected chi connectivity index (χ2v) is 10.4. The molecule has 0 saturated heterocycles. The molecule has 0 aliphatic heterocycles. The predicted octanol–water partition coefficient (Wildman–Crippen LogP) is 0.253. The minimum atomic E-state index is -1.11. The highest BCUT2D eigenvalue weighted by molar-refractivity contribution is 8.76. The second kappa shape index (κ2) is 14.5. The molecule has 0 bridgehead atoms. The molecule has 0 aromatic carbocycles. The van der Waals surface area contributed by atoms with Crippen molar-refractivity contribution in [3.8, 4) is 0 Å². The van der Waals surface area contributed by atoms with E-state index in [1.165, 1.54) is 21.6 Å². The van der Waals surface area contributed by atoms with Gasteiger partial charge in [0.25, 0.3) is 0 Å². The van der Waals surface area contributed by atoms with Crippen LogP contribution in [0.5, 0.6) is 0 Å². The lowest BCUT2D eigenvalue weighted by Crippen LogP contribution is -2.50. The fourth-order valence-corrected chi connectivity index (χ4v) is 4.58. The Bertz CT molecular complexity index is 541. The fraction of sp³-hybridized carbons (Fsp3) is 0.778. The van der Waals surface area contributed by atoms with E-state index in [0.717, 1.165) is 0 Å². The molecule has 0 radical (unpaired) electrons. The molecular formula is C18H34N4O6S2. The molecule has 12 heteroatoms. The van der Waals surface area contributed by atoms with E-state index in [1.807, 2.05) is 27.7 Å². The molecule has 4 atom stereocenters. The Kier molecular flexibility index (Phi) is 13.8. The van der Waals surface area contributed by atoms with Crippen LogP contribution in [0.1, 0.15) is 40.5 Å². The average Bonchev–Trinajstić information content (AvgIpc) is 2.62. The lowest BCUT2D eigenvalue weighted by atomic mass is 10.0. The van der Waals surface area contributed by atoms with Crippen LogP contribution in [-0.2, 0) is 19.2 Å². The van der Waals surface area contributed by atoms with E-state index in [1.54, 1.807) is 0 Å². The van der Waals surface area contributed by atoms with Crippen molar-refractivity contribution in [2.45, 2.75) is 64.7 Å². The lowest BCUT2D eigenvalue weighted by molar-refractivity contribution is -0.142. The maximum atomic E-state index is 12.1. The average molecular weight is 467 g/mol. The Morgan fingerprint density at radius 2 is 1.03 bits per heavy atom. The molecule has 0 fully saturated rings. The normalized spacial score (nSPS) is 15.3. The molecule has 0 heterocycles. The number of carboxylic acid groups (broad SMARTS) is 2. The van der Waals surface area contributed by atoms with E-state index in [0.29, 0.717) is 12.8 Å². The highest BCUT2D eigenvalue weighted by atomic mass is 33.1. The highest BCUT2D eigenvalue weighted by Crippen LogP contribution is 2.22. The van der Waals surface area contributed by atoms with E-state index in [9.17, 15) is 29.4 Å². The maximum absolute atomic E-state index is 12.1. The van der Waals surface area contributed by atoms with Crippen LogP contribution in [0.4, 0.5) is 0 Å². The molecule has 8 N–H and O–H groups in total. The Hall–Kier alpha value is -1.50. The van der Waals surface area contributed by atoms with Crippen LogP contribution in [0.15, 0.2) is 0 Å². The number of nitrogens with two attached hydrogens (primary N) is 2. The van der Waals surface area contributed by atoms with Crippen LogP contribution >= 0.6 is 21.6 Å². The summed E-state index contributed by atoms with van der Waals surface area (Å²) in [5.74, 6) is -2.75. The van der Waals surface area contributed by atoms with Crippen molar-refractivity contribution in [1.29, 1.82) is 0 Å². The zero-order valence-electron chi connectivity index (χ0n) is 17.8. The van der Waals surface area contributed by atoms with Crippen molar-refractivity contribution in [1.82, 2.24) is 10.6 Å². The Labute approximate surface area is 185 Å². The third kappa shape index (κ3) is 12.3. The van der Waals surface area contributed by atoms with Crippen molar-refractivity contribution in [2.75, 3.05) is 11.5 Å². The maximum Gasteiger partial charge on any atom is 0.326 e. The topological polar surface area (TPSA) is 185 Å². The van der Waals surface area contributed by atoms with E-state index in [-0.39, 0.29) is 23.3 Å². The van der Waals surface area contributed by atoms with Gasteiger partial charge in [-0.15, -0.1) is 0 Å². The number of hydrogen-bond acceptors (Lipinski definition) is 8. The monoisotopic (exact) mass is 466 g/mol. The number of aliphatic carboxylic acids is 2. The summed E-state index contributed by atoms with van der Waals surface area (Å²) >= 11 is 0. The smallest absolute Gasteiger partial charge is 0.326 e. The SMILES string of the molecule is CC(C)C[C@H](NC(=O)[C@@H](N)CSSC[C@@H](N)C(=O)N[C@H](CC(C)C)C(=O)O)C(=O)O. The summed E-state index contributed by atoms with van der Waals surface area (Å²) in [6, 6.07) is -3.81. The number of carbonyl (C=O) groups is 4. The molecule has 0 rings (SSSR count). The van der Waals surface area contributed by atoms with Crippen LogP contribution in [0, 0.1) is 11.8 Å². The van der Waals surface area contributed by atoms with Gasteiger partial charge in [-0.25, -0.2) is 9.59 Å². The predicted molar refractivity (Wildman–Crippen MR) is 119 cm³/mol. The fourth-order valence-electron chi connectivity index (χ4n) is 2.34. The van der Waals surface area contributed by atoms with E-state index >= 15 is 0 Å². The summed E-state index contributed by atoms with van der Waals surface area (Å²) in [5, 5.41) is 23.2. The van der Waals surface area contributed by atoms with Crippen molar-refractivity contribution in [2.24, 2.45) is 23.3 Å². The molecule has 0 unspecified atom stereocenters. The summed E-state index contributed by atoms with van der Waals surface area (Å²) in [6.07, 6.45) is 0.599. The molecular weight excluding hydrogens is 432 g/mol. The van der Waals surface area contributed by atoms with E-state index in [4.69, 9.17) is 11.5 Å². The van der Waals surface area contributed by atoms with Gasteiger partial charge in [0.2, 0.25) is 11.8 Å². The quantitative estimate of drug-likeness (QED) is 0.144. The number of carboxylic acids is 2. The van der Waals surface area contributed by atoms with Gasteiger partial charge in [-0.05, 0) is 24.7 Å². The van der Waals surface area contributed by atoms with E-state index in [2.05, 4.69) is 10.6 Å². The van der Waals surface area contributed by atoms with Crippen molar-refractivity contribution in [3.63, 3.8) is 0 Å². The molecule has 0 aromatic heterocycles. The Morgan fingerprint density at radius 3 is 1.27 bits per heavy atom. The van der Waals surface area contributed by atoms with Gasteiger partial charge in [0.05, 0.1) is 12.1 Å². The molecule has 0 aliphatic rings. The van der Waals surface area contributed by atoms with Crippen LogP contribution in [0.3, 0.4) is 0 Å². The Balaban J connectivity index is 4.36. The minimum absolute atomic E-state index is 0.0986. The van der Waals surface area contributed by atoms with Gasteiger partial charge in [-0.2, -0.15) is 0 Å². The van der Waals surface area contributed by atoms with Gasteiger partial charge in [0.1, 0.15) is 12.1 Å². The number of amides is 2. The first-order valence-corrected chi connectivity index (χ1v) is 12.2. The van der Waals surface area contributed by atoms with Crippen molar-refractivity contribution in [3.05, 3.63) is 0 Å². The number of rotatable bonds is 15. The molecule has 0 aliphatic carbocycles. The van der Waals surface area contributed by atoms with Crippen LogP contribution in [0.25, 0.3) is 0 Å². The molecule has 0 aromatic rings. The summed E-state index contributed by atoms with van der Waals surface area (Å²) in [4.78, 5) is 46.6. The van der Waals surface area contributed by atoms with Gasteiger partial charge < -0.3 is 32.3 Å². The number of nitrogens with one attached hydrogen (secondary N) is 2. The summed E-state index contributed by atoms with van der Waals surface area (Å²) in [6.45, 7) is 7.43. The van der Waals surface area contributed by atoms with E-state index < -0.39 is 47.9 Å². The van der Waals surface area contributed by atoms with Crippen molar-refractivity contribution >= 4 is 45.3 Å². The first-order valence-electron chi connectivity index (χ1n) is 9.67. The van der Waals surface area contributed by atoms with Crippen molar-refractivity contribution < 1.29 is 29.4 Å². The standard InChI is InChI=1S/C18H34N4O6S2/c1-9(2)5-13(17(25)26)21-15(23)11(19)7-29-30-8-12(20)16(24)22-14(18(27)28)6-10(3)4/h9-14H,5-8,19-20H2,1-4H3,(H,21,23)(H,22,24)(H,25,26)(H,27,28)/t11-,12+,13-,14+. The first-order chi connectivity index (χ1) is 13.8. The zero-order chi connectivity index (χ0) is 23.4. The molecule has 30 heavy (non-hydrogen) atoms. The van der Waals surface area contributed by atoms with Crippen LogP contribution < -0.4 is 22.1 Å². The first kappa shape index (κ1) is 28.5. The largest absolute Gasteiger partial charge is 0.480 e. The minimum Gasteiger partial charge on any atom is -0.480 e. The molecule has 174 valence electrons. The van der Waals surface area contributed by atoms with Gasteiger partial charge in [-0.1, -0.05) is 49.3 Å². The third-order valence-corrected chi connectivity index (χ3v) is 6.37. The summed E-state index contributed by atoms with van der Waals surface area (Å²) in [7, 11) is 2.46. The lowest BCUT2D eigenvalue weighted by Gasteiger charge is -2.20. The van der Waals surface area contributed by atoms with Gasteiger partial charge in [0.15, 0.2) is 0 Å². The number of carbonyl (C=O) groups excluding carboxylic acids is 2.